The number of hydrogen-bond donors (Lipinski definition) is 0. The fraction of sp³-hybridized carbons (Fsp3) is 0.150. The summed E-state index contributed by atoms with van der Waals surface area (Å²) in [4.78, 5) is 31.8. The van der Waals surface area contributed by atoms with E-state index in [1.165, 1.54) is 18.4 Å². The lowest BCUT2D eigenvalue weighted by molar-refractivity contribution is -0.136. The zero-order valence-electron chi connectivity index (χ0n) is 14.7. The fourth-order valence-corrected chi connectivity index (χ4v) is 4.92. The van der Waals surface area contributed by atoms with Crippen molar-refractivity contribution in [2.24, 2.45) is 4.99 Å². The molecule has 0 radical (unpaired) electrons. The summed E-state index contributed by atoms with van der Waals surface area (Å²) in [6, 6.07) is 12.8. The van der Waals surface area contributed by atoms with Crippen molar-refractivity contribution in [1.29, 1.82) is 0 Å². The van der Waals surface area contributed by atoms with Crippen molar-refractivity contribution in [3.05, 3.63) is 89.2 Å². The van der Waals surface area contributed by atoms with Gasteiger partial charge in [0.05, 0.1) is 29.0 Å². The Hall–Kier alpha value is -2.77. The van der Waals surface area contributed by atoms with Crippen LogP contribution < -0.4 is 14.9 Å². The van der Waals surface area contributed by atoms with Crippen molar-refractivity contribution in [1.82, 2.24) is 4.57 Å². The smallest absolute Gasteiger partial charge is 0.338 e. The van der Waals surface area contributed by atoms with Crippen LogP contribution in [-0.4, -0.2) is 17.6 Å². The Bertz CT molecular complexity index is 1200. The molecule has 3 heterocycles. The van der Waals surface area contributed by atoms with E-state index in [1.54, 1.807) is 22.8 Å². The second-order valence-corrected chi connectivity index (χ2v) is 7.99. The average molecular weight is 396 g/mol. The Kier molecular flexibility index (Phi) is 4.63. The zero-order valence-corrected chi connectivity index (χ0v) is 16.3. The fourth-order valence-electron chi connectivity index (χ4n) is 3.15. The van der Waals surface area contributed by atoms with Gasteiger partial charge in [-0.1, -0.05) is 47.7 Å². The van der Waals surface area contributed by atoms with Crippen LogP contribution in [0.5, 0.6) is 0 Å². The molecule has 0 aliphatic carbocycles. The Morgan fingerprint density at radius 1 is 1.22 bits per heavy atom. The number of allylic oxidation sites excluding steroid dienone is 1. The molecular weight excluding hydrogens is 380 g/mol. The van der Waals surface area contributed by atoms with Crippen LogP contribution in [0.3, 0.4) is 0 Å². The first kappa shape index (κ1) is 17.6. The summed E-state index contributed by atoms with van der Waals surface area (Å²) in [5.41, 5.74) is 1.64. The molecule has 7 heteroatoms. The summed E-state index contributed by atoms with van der Waals surface area (Å²) in [5, 5.41) is 1.97. The number of nitrogens with zero attached hydrogens (tertiary/aromatic N) is 2. The van der Waals surface area contributed by atoms with Crippen molar-refractivity contribution < 1.29 is 9.53 Å². The first-order valence-corrected chi connectivity index (χ1v) is 9.99. The number of ether oxygens (including phenoxy) is 1. The molecule has 0 saturated heterocycles. The first-order chi connectivity index (χ1) is 13.1. The van der Waals surface area contributed by atoms with Crippen LogP contribution in [0.25, 0.3) is 6.08 Å². The molecule has 1 aromatic carbocycles. The lowest BCUT2D eigenvalue weighted by atomic mass is 9.96. The second-order valence-electron chi connectivity index (χ2n) is 6.00. The van der Waals surface area contributed by atoms with E-state index in [9.17, 15) is 9.59 Å². The number of carbonyl (C=O) groups is 1. The van der Waals surface area contributed by atoms with Gasteiger partial charge in [0.25, 0.3) is 5.56 Å². The molecule has 0 fully saturated rings. The van der Waals surface area contributed by atoms with Gasteiger partial charge in [-0.05, 0) is 30.0 Å². The van der Waals surface area contributed by atoms with Gasteiger partial charge in [0.15, 0.2) is 4.80 Å². The Labute approximate surface area is 163 Å². The monoisotopic (exact) mass is 396 g/mol. The van der Waals surface area contributed by atoms with Gasteiger partial charge in [-0.15, -0.1) is 11.3 Å². The third-order valence-corrected chi connectivity index (χ3v) is 6.16. The van der Waals surface area contributed by atoms with Crippen molar-refractivity contribution in [2.45, 2.75) is 13.0 Å². The molecule has 136 valence electrons. The molecule has 0 spiro atoms. The minimum atomic E-state index is -0.555. The summed E-state index contributed by atoms with van der Waals surface area (Å²) in [7, 11) is 1.34. The highest BCUT2D eigenvalue weighted by Gasteiger charge is 2.32. The minimum Gasteiger partial charge on any atom is -0.466 e. The van der Waals surface area contributed by atoms with Gasteiger partial charge in [0.2, 0.25) is 0 Å². The lowest BCUT2D eigenvalue weighted by Crippen LogP contribution is -2.39. The molecule has 0 saturated carbocycles. The number of hydrogen-bond acceptors (Lipinski definition) is 6. The van der Waals surface area contributed by atoms with Gasteiger partial charge in [-0.2, -0.15) is 0 Å². The largest absolute Gasteiger partial charge is 0.466 e. The average Bonchev–Trinajstić information content (AvgIpc) is 3.29. The number of rotatable bonds is 3. The van der Waals surface area contributed by atoms with E-state index in [-0.39, 0.29) is 5.56 Å². The second kappa shape index (κ2) is 7.09. The molecule has 0 amide bonds. The molecule has 2 aromatic heterocycles. The molecule has 27 heavy (non-hydrogen) atoms. The van der Waals surface area contributed by atoms with Gasteiger partial charge < -0.3 is 4.74 Å². The predicted octanol–water partition coefficient (Wildman–Crippen LogP) is 2.47. The number of benzene rings is 1. The van der Waals surface area contributed by atoms with E-state index in [4.69, 9.17) is 4.74 Å². The van der Waals surface area contributed by atoms with Crippen molar-refractivity contribution in [3.8, 4) is 0 Å². The molecule has 4 rings (SSSR count). The van der Waals surface area contributed by atoms with E-state index in [1.807, 2.05) is 53.9 Å². The van der Waals surface area contributed by atoms with Crippen LogP contribution in [0, 0.1) is 0 Å². The van der Waals surface area contributed by atoms with Crippen molar-refractivity contribution in [3.63, 3.8) is 0 Å². The normalized spacial score (nSPS) is 16.8. The van der Waals surface area contributed by atoms with Crippen LogP contribution >= 0.6 is 22.7 Å². The maximum atomic E-state index is 13.2. The Morgan fingerprint density at radius 2 is 2.00 bits per heavy atom. The topological polar surface area (TPSA) is 60.7 Å². The van der Waals surface area contributed by atoms with Crippen molar-refractivity contribution >= 4 is 34.7 Å². The first-order valence-electron chi connectivity index (χ1n) is 8.29. The van der Waals surface area contributed by atoms with Crippen molar-refractivity contribution in [2.75, 3.05) is 7.11 Å². The molecule has 1 atom stereocenters. The molecule has 0 bridgehead atoms. The van der Waals surface area contributed by atoms with E-state index in [0.29, 0.717) is 20.6 Å². The standard InChI is InChI=1S/C20H16N2O3S2/c1-12-16(19(24)25-2)17(13-7-4-3-5-8-13)22-18(23)15(27-20(22)21-12)11-14-9-6-10-26-14/h3-11,17H,1-2H3/b15-11+/t17-/m0/s1. The highest BCUT2D eigenvalue weighted by molar-refractivity contribution is 7.11. The maximum absolute atomic E-state index is 13.2. The third-order valence-electron chi connectivity index (χ3n) is 4.36. The number of fused-ring (bicyclic) bond motifs is 1. The van der Waals surface area contributed by atoms with Crippen LogP contribution in [-0.2, 0) is 9.53 Å². The summed E-state index contributed by atoms with van der Waals surface area (Å²) in [5.74, 6) is -0.474. The van der Waals surface area contributed by atoms with E-state index < -0.39 is 12.0 Å². The molecule has 0 unspecified atom stereocenters. The summed E-state index contributed by atoms with van der Waals surface area (Å²) in [6.45, 7) is 1.78. The van der Waals surface area contributed by atoms with Crippen LogP contribution in [0.1, 0.15) is 23.4 Å². The number of thiophene rings is 1. The lowest BCUT2D eigenvalue weighted by Gasteiger charge is -2.24. The van der Waals surface area contributed by atoms with Gasteiger partial charge in [-0.25, -0.2) is 9.79 Å². The van der Waals surface area contributed by atoms with E-state index in [2.05, 4.69) is 4.99 Å². The number of methoxy groups -OCH3 is 1. The minimum absolute atomic E-state index is 0.157. The summed E-state index contributed by atoms with van der Waals surface area (Å²) < 4.78 is 7.17. The zero-order chi connectivity index (χ0) is 19.0. The summed E-state index contributed by atoms with van der Waals surface area (Å²) >= 11 is 2.90. The quantitative estimate of drug-likeness (QED) is 0.639. The number of aromatic nitrogens is 1. The van der Waals surface area contributed by atoms with Gasteiger partial charge in [-0.3, -0.25) is 9.36 Å². The highest BCUT2D eigenvalue weighted by Crippen LogP contribution is 2.30. The predicted molar refractivity (Wildman–Crippen MR) is 107 cm³/mol. The number of esters is 1. The molecule has 3 aromatic rings. The SMILES string of the molecule is COC(=O)C1=C(C)N=c2s/c(=C/c3cccs3)c(=O)n2[C@H]1c1ccccc1. The van der Waals surface area contributed by atoms with E-state index >= 15 is 0 Å². The molecule has 1 aliphatic heterocycles. The van der Waals surface area contributed by atoms with Crippen LogP contribution in [0.2, 0.25) is 0 Å². The Morgan fingerprint density at radius 3 is 2.67 bits per heavy atom. The molecule has 5 nitrogen and oxygen atoms in total. The Balaban J connectivity index is 2.00. The van der Waals surface area contributed by atoms with E-state index in [0.717, 1.165) is 10.4 Å². The highest BCUT2D eigenvalue weighted by atomic mass is 32.1. The van der Waals surface area contributed by atoms with Gasteiger partial charge >= 0.3 is 5.97 Å². The number of carbonyl (C=O) groups excluding carboxylic acids is 1. The summed E-state index contributed by atoms with van der Waals surface area (Å²) in [6.07, 6.45) is 1.87. The van der Waals surface area contributed by atoms with Gasteiger partial charge in [0, 0.05) is 4.88 Å². The van der Waals surface area contributed by atoms with Crippen LogP contribution in [0.15, 0.2) is 68.9 Å². The van der Waals surface area contributed by atoms with Crippen LogP contribution in [0.4, 0.5) is 0 Å². The maximum Gasteiger partial charge on any atom is 0.338 e. The molecule has 0 N–H and O–H groups in total. The third kappa shape index (κ3) is 3.09. The molecule has 1 aliphatic rings. The number of thiazole rings is 1. The molecular formula is C20H16N2O3S2. The van der Waals surface area contributed by atoms with Gasteiger partial charge in [0.1, 0.15) is 0 Å².